The molecule has 2 atom stereocenters. The molecule has 0 radical (unpaired) electrons. The minimum atomic E-state index is 0.622. The fraction of sp³-hybridized carbons (Fsp3) is 1.00. The van der Waals surface area contributed by atoms with Crippen LogP contribution < -0.4 is 5.32 Å². The van der Waals surface area contributed by atoms with Crippen molar-refractivity contribution in [3.63, 3.8) is 0 Å². The van der Waals surface area contributed by atoms with E-state index < -0.39 is 0 Å². The normalized spacial score (nSPS) is 16.3. The molecule has 0 bridgehead atoms. The Morgan fingerprint density at radius 1 is 1.00 bits per heavy atom. The lowest BCUT2D eigenvalue weighted by molar-refractivity contribution is 0.291. The van der Waals surface area contributed by atoms with Crippen LogP contribution in [0, 0.1) is 5.92 Å². The second kappa shape index (κ2) is 7.24. The van der Waals surface area contributed by atoms with Gasteiger partial charge in [-0.25, -0.2) is 0 Å². The molecule has 0 saturated carbocycles. The van der Waals surface area contributed by atoms with Crippen LogP contribution in [0.1, 0.15) is 40.5 Å². The Morgan fingerprint density at radius 2 is 1.57 bits per heavy atom. The summed E-state index contributed by atoms with van der Waals surface area (Å²) in [5.41, 5.74) is 0. The average molecular weight is 200 g/mol. The molecular weight excluding hydrogens is 172 g/mol. The monoisotopic (exact) mass is 200 g/mol. The molecule has 0 aliphatic carbocycles. The van der Waals surface area contributed by atoms with E-state index in [9.17, 15) is 0 Å². The number of nitrogens with one attached hydrogen (secondary N) is 1. The maximum atomic E-state index is 3.58. The molecular formula is C12H28N2. The Kier molecular flexibility index (Phi) is 7.20. The van der Waals surface area contributed by atoms with Crippen molar-refractivity contribution >= 4 is 0 Å². The summed E-state index contributed by atoms with van der Waals surface area (Å²) in [6.07, 6.45) is 2.61. The molecule has 0 saturated heterocycles. The zero-order valence-corrected chi connectivity index (χ0v) is 10.8. The van der Waals surface area contributed by atoms with Gasteiger partial charge in [-0.2, -0.15) is 0 Å². The van der Waals surface area contributed by atoms with Crippen LogP contribution in [0.15, 0.2) is 0 Å². The summed E-state index contributed by atoms with van der Waals surface area (Å²) >= 11 is 0. The van der Waals surface area contributed by atoms with Gasteiger partial charge in [0.1, 0.15) is 0 Å². The molecule has 0 amide bonds. The van der Waals surface area contributed by atoms with Gasteiger partial charge < -0.3 is 10.2 Å². The Bertz CT molecular complexity index is 132. The van der Waals surface area contributed by atoms with Crippen molar-refractivity contribution in [2.24, 2.45) is 5.92 Å². The zero-order chi connectivity index (χ0) is 11.1. The van der Waals surface area contributed by atoms with Crippen molar-refractivity contribution in [3.8, 4) is 0 Å². The van der Waals surface area contributed by atoms with Gasteiger partial charge in [0.05, 0.1) is 0 Å². The van der Waals surface area contributed by atoms with Gasteiger partial charge in [-0.1, -0.05) is 13.8 Å². The first-order valence-electron chi connectivity index (χ1n) is 5.83. The first kappa shape index (κ1) is 13.9. The highest BCUT2D eigenvalue weighted by Gasteiger charge is 2.07. The van der Waals surface area contributed by atoms with Gasteiger partial charge >= 0.3 is 0 Å². The van der Waals surface area contributed by atoms with Gasteiger partial charge in [-0.05, 0) is 46.7 Å². The fourth-order valence-corrected chi connectivity index (χ4v) is 1.24. The van der Waals surface area contributed by atoms with E-state index in [2.05, 4.69) is 52.0 Å². The fourth-order valence-electron chi connectivity index (χ4n) is 1.24. The molecule has 2 unspecified atom stereocenters. The van der Waals surface area contributed by atoms with Crippen molar-refractivity contribution < 1.29 is 0 Å². The highest BCUT2D eigenvalue weighted by atomic mass is 15.1. The predicted octanol–water partition coefficient (Wildman–Crippen LogP) is 2.35. The molecule has 0 spiro atoms. The molecule has 0 rings (SSSR count). The smallest absolute Gasteiger partial charge is 0.0186 e. The van der Waals surface area contributed by atoms with Crippen molar-refractivity contribution in [2.45, 2.75) is 52.6 Å². The summed E-state index contributed by atoms with van der Waals surface area (Å²) in [6, 6.07) is 1.27. The first-order chi connectivity index (χ1) is 6.43. The Morgan fingerprint density at radius 3 is 2.00 bits per heavy atom. The molecule has 0 aliphatic heterocycles. The SMILES string of the molecule is CC(C)CCC(C)NCC(C)N(C)C. The molecule has 2 heteroatoms. The van der Waals surface area contributed by atoms with Crippen LogP contribution in [-0.4, -0.2) is 37.6 Å². The number of hydrogen-bond acceptors (Lipinski definition) is 2. The van der Waals surface area contributed by atoms with Crippen LogP contribution in [0.4, 0.5) is 0 Å². The van der Waals surface area contributed by atoms with Crippen molar-refractivity contribution in [1.82, 2.24) is 10.2 Å². The maximum absolute atomic E-state index is 3.58. The minimum Gasteiger partial charge on any atom is -0.313 e. The number of likely N-dealkylation sites (N-methyl/N-ethyl adjacent to an activating group) is 1. The van der Waals surface area contributed by atoms with Crippen LogP contribution in [0.2, 0.25) is 0 Å². The predicted molar refractivity (Wildman–Crippen MR) is 64.7 cm³/mol. The van der Waals surface area contributed by atoms with Gasteiger partial charge in [0.15, 0.2) is 0 Å². The molecule has 0 aromatic carbocycles. The molecule has 1 N–H and O–H groups in total. The number of nitrogens with zero attached hydrogens (tertiary/aromatic N) is 1. The molecule has 2 nitrogen and oxygen atoms in total. The number of rotatable bonds is 7. The highest BCUT2D eigenvalue weighted by molar-refractivity contribution is 4.68. The third-order valence-electron chi connectivity index (χ3n) is 2.82. The third kappa shape index (κ3) is 7.34. The summed E-state index contributed by atoms with van der Waals surface area (Å²) < 4.78 is 0. The van der Waals surface area contributed by atoms with Crippen LogP contribution >= 0.6 is 0 Å². The number of hydrogen-bond donors (Lipinski definition) is 1. The van der Waals surface area contributed by atoms with Crippen LogP contribution in [0.3, 0.4) is 0 Å². The lowest BCUT2D eigenvalue weighted by atomic mass is 10.0. The molecule has 0 aliphatic rings. The van der Waals surface area contributed by atoms with Crippen molar-refractivity contribution in [2.75, 3.05) is 20.6 Å². The molecule has 0 aromatic heterocycles. The van der Waals surface area contributed by atoms with Crippen LogP contribution in [0.25, 0.3) is 0 Å². The third-order valence-corrected chi connectivity index (χ3v) is 2.82. The van der Waals surface area contributed by atoms with Gasteiger partial charge in [-0.15, -0.1) is 0 Å². The van der Waals surface area contributed by atoms with E-state index in [1.165, 1.54) is 12.8 Å². The van der Waals surface area contributed by atoms with Crippen LogP contribution in [0.5, 0.6) is 0 Å². The summed E-state index contributed by atoms with van der Waals surface area (Å²) in [7, 11) is 4.26. The Hall–Kier alpha value is -0.0800. The second-order valence-electron chi connectivity index (χ2n) is 5.09. The summed E-state index contributed by atoms with van der Waals surface area (Å²) in [5.74, 6) is 0.825. The summed E-state index contributed by atoms with van der Waals surface area (Å²) in [4.78, 5) is 2.25. The summed E-state index contributed by atoms with van der Waals surface area (Å²) in [6.45, 7) is 10.2. The van der Waals surface area contributed by atoms with Crippen molar-refractivity contribution in [1.29, 1.82) is 0 Å². The first-order valence-corrected chi connectivity index (χ1v) is 5.83. The van der Waals surface area contributed by atoms with Crippen molar-refractivity contribution in [3.05, 3.63) is 0 Å². The molecule has 14 heavy (non-hydrogen) atoms. The van der Waals surface area contributed by atoms with E-state index in [4.69, 9.17) is 0 Å². The van der Waals surface area contributed by atoms with E-state index in [-0.39, 0.29) is 0 Å². The van der Waals surface area contributed by atoms with E-state index in [0.717, 1.165) is 12.5 Å². The molecule has 0 aromatic rings. The Labute approximate surface area is 90.1 Å². The highest BCUT2D eigenvalue weighted by Crippen LogP contribution is 2.06. The van der Waals surface area contributed by atoms with E-state index in [0.29, 0.717) is 12.1 Å². The van der Waals surface area contributed by atoms with Gasteiger partial charge in [0.2, 0.25) is 0 Å². The standard InChI is InChI=1S/C12H28N2/c1-10(2)7-8-11(3)13-9-12(4)14(5)6/h10-13H,7-9H2,1-6H3. The zero-order valence-electron chi connectivity index (χ0n) is 10.8. The molecule has 86 valence electrons. The summed E-state index contributed by atoms with van der Waals surface area (Å²) in [5, 5.41) is 3.58. The largest absolute Gasteiger partial charge is 0.313 e. The quantitative estimate of drug-likeness (QED) is 0.678. The Balaban J connectivity index is 3.48. The maximum Gasteiger partial charge on any atom is 0.0186 e. The molecule has 0 heterocycles. The van der Waals surface area contributed by atoms with Gasteiger partial charge in [-0.3, -0.25) is 0 Å². The average Bonchev–Trinajstić information content (AvgIpc) is 2.10. The van der Waals surface area contributed by atoms with E-state index in [1.807, 2.05) is 0 Å². The van der Waals surface area contributed by atoms with E-state index in [1.54, 1.807) is 0 Å². The lowest BCUT2D eigenvalue weighted by Crippen LogP contribution is -2.39. The second-order valence-corrected chi connectivity index (χ2v) is 5.09. The molecule has 0 fully saturated rings. The van der Waals surface area contributed by atoms with Crippen LogP contribution in [-0.2, 0) is 0 Å². The van der Waals surface area contributed by atoms with Gasteiger partial charge in [0, 0.05) is 18.6 Å². The van der Waals surface area contributed by atoms with E-state index >= 15 is 0 Å². The topological polar surface area (TPSA) is 15.3 Å². The lowest BCUT2D eigenvalue weighted by Gasteiger charge is -2.23. The minimum absolute atomic E-state index is 0.622. The van der Waals surface area contributed by atoms with Gasteiger partial charge in [0.25, 0.3) is 0 Å².